The van der Waals surface area contributed by atoms with E-state index in [4.69, 9.17) is 20.9 Å². The molecule has 34 heavy (non-hydrogen) atoms. The number of piperidine rings is 1. The molecule has 0 aromatic heterocycles. The molecule has 3 aliphatic heterocycles. The van der Waals surface area contributed by atoms with Crippen LogP contribution in [0.15, 0.2) is 9.98 Å². The first kappa shape index (κ1) is 25.4. The van der Waals surface area contributed by atoms with E-state index in [9.17, 15) is 29.7 Å². The minimum atomic E-state index is -1.54. The number of primary amides is 1. The number of carbonyl (C=O) groups is 3. The number of rotatable bonds is 6. The van der Waals surface area contributed by atoms with Crippen molar-refractivity contribution in [3.63, 3.8) is 0 Å². The lowest BCUT2D eigenvalue weighted by molar-refractivity contribution is -0.215. The highest BCUT2D eigenvalue weighted by atomic mass is 16.6. The number of nitrogens with one attached hydrogen (secondary N) is 2. The van der Waals surface area contributed by atoms with E-state index in [-0.39, 0.29) is 25.0 Å². The Morgan fingerprint density at radius 2 is 2.18 bits per heavy atom. The Hall–Kier alpha value is -3.21. The zero-order chi connectivity index (χ0) is 25.2. The number of β-amino-alcohol motifs (C(OH)–C–C–N with tert-alkyl or cyclic N) is 1. The van der Waals surface area contributed by atoms with Gasteiger partial charge in [0, 0.05) is 20.6 Å². The average Bonchev–Trinajstić information content (AvgIpc) is 3.21. The van der Waals surface area contributed by atoms with E-state index in [0.29, 0.717) is 0 Å². The molecule has 16 heteroatoms. The van der Waals surface area contributed by atoms with Gasteiger partial charge >= 0.3 is 6.09 Å². The summed E-state index contributed by atoms with van der Waals surface area (Å²) >= 11 is 0. The quantitative estimate of drug-likeness (QED) is 0.138. The maximum Gasteiger partial charge on any atom is 0.404 e. The molecule has 3 amide bonds. The van der Waals surface area contributed by atoms with Gasteiger partial charge in [0.2, 0.25) is 11.8 Å². The van der Waals surface area contributed by atoms with Crippen LogP contribution in [0, 0.1) is 0 Å². The Morgan fingerprint density at radius 3 is 2.79 bits per heavy atom. The van der Waals surface area contributed by atoms with Crippen molar-refractivity contribution in [3.05, 3.63) is 0 Å². The molecule has 3 heterocycles. The third-order valence-electron chi connectivity index (χ3n) is 5.99. The lowest BCUT2D eigenvalue weighted by Gasteiger charge is -2.47. The van der Waals surface area contributed by atoms with Gasteiger partial charge in [-0.05, 0) is 0 Å². The topological polar surface area (TPSA) is 238 Å². The number of hydrogen-bond acceptors (Lipinski definition) is 12. The molecular formula is C18H30N8O8. The van der Waals surface area contributed by atoms with Gasteiger partial charge in [0.05, 0.1) is 25.1 Å². The van der Waals surface area contributed by atoms with Gasteiger partial charge in [-0.3, -0.25) is 14.6 Å². The summed E-state index contributed by atoms with van der Waals surface area (Å²) < 4.78 is 10.9. The maximum absolute atomic E-state index is 12.6. The van der Waals surface area contributed by atoms with Gasteiger partial charge in [0.25, 0.3) is 0 Å². The third-order valence-corrected chi connectivity index (χ3v) is 5.99. The lowest BCUT2D eigenvalue weighted by atomic mass is 9.94. The van der Waals surface area contributed by atoms with Crippen molar-refractivity contribution in [3.8, 4) is 0 Å². The Kier molecular flexibility index (Phi) is 7.75. The second-order valence-corrected chi connectivity index (χ2v) is 8.18. The second kappa shape index (κ2) is 10.4. The molecule has 3 aliphatic rings. The summed E-state index contributed by atoms with van der Waals surface area (Å²) in [6.07, 6.45) is -6.51. The summed E-state index contributed by atoms with van der Waals surface area (Å²) in [5, 5.41) is 36.5. The molecule has 8 unspecified atom stereocenters. The molecular weight excluding hydrogens is 456 g/mol. The van der Waals surface area contributed by atoms with E-state index in [1.807, 2.05) is 0 Å². The van der Waals surface area contributed by atoms with E-state index in [0.717, 1.165) is 11.2 Å². The van der Waals surface area contributed by atoms with Crippen LogP contribution in [0.2, 0.25) is 0 Å². The molecule has 0 bridgehead atoms. The summed E-state index contributed by atoms with van der Waals surface area (Å²) in [6, 6.07) is -2.75. The van der Waals surface area contributed by atoms with Crippen LogP contribution in [0.4, 0.5) is 4.79 Å². The fraction of sp³-hybridized carbons (Fsp3) is 0.722. The number of aliphatic hydroxyl groups is 3. The fourth-order valence-electron chi connectivity index (χ4n) is 4.24. The third kappa shape index (κ3) is 4.98. The Bertz CT molecular complexity index is 856. The van der Waals surface area contributed by atoms with Crippen LogP contribution in [0.3, 0.4) is 0 Å². The predicted octanol–water partition coefficient (Wildman–Crippen LogP) is -5.54. The van der Waals surface area contributed by atoms with E-state index in [1.165, 1.54) is 11.9 Å². The van der Waals surface area contributed by atoms with Gasteiger partial charge in [0.1, 0.15) is 24.8 Å². The van der Waals surface area contributed by atoms with Crippen LogP contribution in [0.1, 0.15) is 0 Å². The number of guanidine groups is 1. The summed E-state index contributed by atoms with van der Waals surface area (Å²) in [4.78, 5) is 47.1. The minimum absolute atomic E-state index is 0.0689. The molecule has 16 nitrogen and oxygen atoms in total. The Labute approximate surface area is 194 Å². The number of ether oxygens (including phenoxy) is 2. The van der Waals surface area contributed by atoms with Gasteiger partial charge in [-0.25, -0.2) is 9.79 Å². The van der Waals surface area contributed by atoms with E-state index >= 15 is 0 Å². The van der Waals surface area contributed by atoms with Gasteiger partial charge < -0.3 is 56.7 Å². The number of aliphatic imine (C=N–C) groups is 2. The summed E-state index contributed by atoms with van der Waals surface area (Å²) in [6.45, 7) is -0.868. The molecule has 0 saturated carbocycles. The lowest BCUT2D eigenvalue weighted by Crippen LogP contribution is -2.70. The maximum atomic E-state index is 12.6. The number of likely N-dealkylation sites (N-methyl/N-ethyl adjacent to an activating group) is 2. The van der Waals surface area contributed by atoms with Crippen LogP contribution in [0.25, 0.3) is 0 Å². The highest BCUT2D eigenvalue weighted by Crippen LogP contribution is 2.27. The molecule has 3 rings (SSSR count). The first-order valence-corrected chi connectivity index (χ1v) is 10.5. The first-order valence-electron chi connectivity index (χ1n) is 10.5. The number of likely N-dealkylation sites (tertiary alicyclic amines) is 1. The van der Waals surface area contributed by atoms with Gasteiger partial charge in [-0.15, -0.1) is 0 Å². The van der Waals surface area contributed by atoms with Gasteiger partial charge in [-0.1, -0.05) is 0 Å². The summed E-state index contributed by atoms with van der Waals surface area (Å²) in [7, 11) is 2.92. The van der Waals surface area contributed by atoms with Crippen LogP contribution >= 0.6 is 0 Å². The summed E-state index contributed by atoms with van der Waals surface area (Å²) in [5.74, 6) is -0.789. The van der Waals surface area contributed by atoms with E-state index in [2.05, 4.69) is 20.6 Å². The SMILES string of the molecule is CN1CC(O)C2NC(NC3OC(CO)C(O)C(OC(N)=O)C3N(C)C(=O)CN=CN)=NC2C1=O. The second-order valence-electron chi connectivity index (χ2n) is 8.18. The van der Waals surface area contributed by atoms with Gasteiger partial charge in [-0.2, -0.15) is 0 Å². The molecule has 0 aromatic carbocycles. The van der Waals surface area contributed by atoms with Crippen LogP contribution in [-0.4, -0.2) is 138 Å². The molecule has 0 spiro atoms. The summed E-state index contributed by atoms with van der Waals surface area (Å²) in [5.41, 5.74) is 10.4. The average molecular weight is 486 g/mol. The number of nitrogens with zero attached hydrogens (tertiary/aromatic N) is 4. The van der Waals surface area contributed by atoms with Crippen molar-refractivity contribution in [2.24, 2.45) is 21.5 Å². The van der Waals surface area contributed by atoms with Crippen LogP contribution < -0.4 is 22.1 Å². The zero-order valence-electron chi connectivity index (χ0n) is 18.6. The van der Waals surface area contributed by atoms with Crippen LogP contribution in [0.5, 0.6) is 0 Å². The number of nitrogens with two attached hydrogens (primary N) is 2. The predicted molar refractivity (Wildman–Crippen MR) is 115 cm³/mol. The number of aliphatic hydroxyl groups excluding tert-OH is 3. The largest absolute Gasteiger partial charge is 0.441 e. The number of carbonyl (C=O) groups excluding carboxylic acids is 3. The molecule has 8 atom stereocenters. The number of fused-ring (bicyclic) bond motifs is 1. The van der Waals surface area contributed by atoms with Gasteiger partial charge in [0.15, 0.2) is 24.3 Å². The molecule has 0 aromatic rings. The molecule has 9 N–H and O–H groups in total. The Balaban J connectivity index is 1.90. The zero-order valence-corrected chi connectivity index (χ0v) is 18.6. The first-order chi connectivity index (χ1) is 16.1. The molecule has 190 valence electrons. The number of hydrogen-bond donors (Lipinski definition) is 7. The highest BCUT2D eigenvalue weighted by molar-refractivity contribution is 5.92. The minimum Gasteiger partial charge on any atom is -0.441 e. The van der Waals surface area contributed by atoms with E-state index in [1.54, 1.807) is 7.05 Å². The standard InChI is InChI=1S/C18H30N8O8/c1-25-4-7(28)10-11(16(25)31)23-18(22-10)24-15-12(26(2)9(29)3-21-6-19)14(34-17(20)32)13(30)8(5-27)33-15/h6-8,10-15,27-28,30H,3-5H2,1-2H3,(H2,19,21)(H2,20,32)(H2,22,23,24). The van der Waals surface area contributed by atoms with Crippen molar-refractivity contribution >= 4 is 30.2 Å². The monoisotopic (exact) mass is 486 g/mol. The molecule has 0 aliphatic carbocycles. The highest BCUT2D eigenvalue weighted by Gasteiger charge is 2.51. The van der Waals surface area contributed by atoms with Crippen molar-refractivity contribution in [2.75, 3.05) is 33.8 Å². The number of amides is 3. The van der Waals surface area contributed by atoms with Crippen molar-refractivity contribution in [1.82, 2.24) is 20.4 Å². The Morgan fingerprint density at radius 1 is 1.47 bits per heavy atom. The van der Waals surface area contributed by atoms with Crippen LogP contribution in [-0.2, 0) is 19.1 Å². The van der Waals surface area contributed by atoms with Crippen molar-refractivity contribution in [1.29, 1.82) is 0 Å². The fourth-order valence-corrected chi connectivity index (χ4v) is 4.24. The van der Waals surface area contributed by atoms with E-state index < -0.39 is 67.4 Å². The molecule has 2 fully saturated rings. The van der Waals surface area contributed by atoms with Crippen molar-refractivity contribution < 1.29 is 39.2 Å². The normalized spacial score (nSPS) is 35.4. The molecule has 0 radical (unpaired) electrons. The molecule has 2 saturated heterocycles. The van der Waals surface area contributed by atoms with Crippen molar-refractivity contribution in [2.45, 2.75) is 48.8 Å². The smallest absolute Gasteiger partial charge is 0.404 e.